The van der Waals surface area contributed by atoms with Gasteiger partial charge in [-0.2, -0.15) is 5.10 Å². The van der Waals surface area contributed by atoms with Crippen molar-refractivity contribution in [2.75, 3.05) is 7.05 Å². The summed E-state index contributed by atoms with van der Waals surface area (Å²) in [6, 6.07) is 5.97. The Kier molecular flexibility index (Phi) is 4.02. The van der Waals surface area contributed by atoms with Crippen LogP contribution in [0.2, 0.25) is 0 Å². The fourth-order valence-electron chi connectivity index (χ4n) is 1.86. The minimum Gasteiger partial charge on any atom is -0.480 e. The Hall–Kier alpha value is -2.70. The summed E-state index contributed by atoms with van der Waals surface area (Å²) in [7, 11) is 1.38. The standard InChI is InChI=1S/C14H15N3O4/c1-9(14(20)21)16(2)12(18)8-17-13(19)11-6-4-3-5-10(11)7-15-17/h3-7,9H,8H2,1-2H3,(H,20,21). The number of carbonyl (C=O) groups is 2. The normalized spacial score (nSPS) is 12.1. The predicted octanol–water partition coefficient (Wildman–Crippen LogP) is 0.328. The second kappa shape index (κ2) is 5.74. The number of benzene rings is 1. The molecule has 0 bridgehead atoms. The van der Waals surface area contributed by atoms with Gasteiger partial charge >= 0.3 is 5.97 Å². The number of hydrogen-bond donors (Lipinski definition) is 1. The summed E-state index contributed by atoms with van der Waals surface area (Å²) in [5.74, 6) is -1.60. The second-order valence-corrected chi connectivity index (χ2v) is 4.71. The Bertz CT molecular complexity index is 753. The van der Waals surface area contributed by atoms with Gasteiger partial charge in [-0.25, -0.2) is 9.48 Å². The predicted molar refractivity (Wildman–Crippen MR) is 75.9 cm³/mol. The van der Waals surface area contributed by atoms with E-state index in [-0.39, 0.29) is 12.1 Å². The van der Waals surface area contributed by atoms with Gasteiger partial charge in [-0.1, -0.05) is 18.2 Å². The fourth-order valence-corrected chi connectivity index (χ4v) is 1.86. The summed E-state index contributed by atoms with van der Waals surface area (Å²) in [5, 5.41) is 14.0. The summed E-state index contributed by atoms with van der Waals surface area (Å²) >= 11 is 0. The molecule has 0 aliphatic carbocycles. The molecule has 7 heteroatoms. The SMILES string of the molecule is CC(C(=O)O)N(C)C(=O)Cn1ncc2ccccc2c1=O. The highest BCUT2D eigenvalue weighted by molar-refractivity contribution is 5.84. The van der Waals surface area contributed by atoms with E-state index in [1.807, 2.05) is 0 Å². The van der Waals surface area contributed by atoms with Crippen molar-refractivity contribution in [1.82, 2.24) is 14.7 Å². The van der Waals surface area contributed by atoms with Crippen LogP contribution in [0.3, 0.4) is 0 Å². The minimum atomic E-state index is -1.11. The molecule has 2 aromatic rings. The molecular weight excluding hydrogens is 274 g/mol. The Morgan fingerprint density at radius 2 is 2.05 bits per heavy atom. The first-order chi connectivity index (χ1) is 9.91. The first-order valence-electron chi connectivity index (χ1n) is 6.35. The molecule has 1 atom stereocenters. The molecule has 0 aliphatic rings. The van der Waals surface area contributed by atoms with Crippen molar-refractivity contribution in [3.63, 3.8) is 0 Å². The number of carbonyl (C=O) groups excluding carboxylic acids is 1. The van der Waals surface area contributed by atoms with Gasteiger partial charge in [0, 0.05) is 12.4 Å². The summed E-state index contributed by atoms with van der Waals surface area (Å²) in [5.41, 5.74) is -0.377. The first-order valence-corrected chi connectivity index (χ1v) is 6.35. The molecule has 0 spiro atoms. The average molecular weight is 289 g/mol. The van der Waals surface area contributed by atoms with E-state index in [2.05, 4.69) is 5.10 Å². The van der Waals surface area contributed by atoms with E-state index in [4.69, 9.17) is 5.11 Å². The van der Waals surface area contributed by atoms with Crippen LogP contribution in [0.1, 0.15) is 6.92 Å². The van der Waals surface area contributed by atoms with Crippen LogP contribution in [0.4, 0.5) is 0 Å². The molecular formula is C14H15N3O4. The number of carboxylic acid groups (broad SMARTS) is 1. The first kappa shape index (κ1) is 14.7. The third-order valence-corrected chi connectivity index (χ3v) is 3.38. The van der Waals surface area contributed by atoms with Crippen molar-refractivity contribution in [2.45, 2.75) is 19.5 Å². The van der Waals surface area contributed by atoms with E-state index in [0.29, 0.717) is 10.8 Å². The van der Waals surface area contributed by atoms with Crippen LogP contribution in [0.15, 0.2) is 35.3 Å². The van der Waals surface area contributed by atoms with Gasteiger partial charge < -0.3 is 10.0 Å². The summed E-state index contributed by atoms with van der Waals surface area (Å²) < 4.78 is 1.04. The number of amides is 1. The zero-order valence-corrected chi connectivity index (χ0v) is 11.7. The number of hydrogen-bond acceptors (Lipinski definition) is 4. The smallest absolute Gasteiger partial charge is 0.326 e. The van der Waals surface area contributed by atoms with Crippen LogP contribution >= 0.6 is 0 Å². The van der Waals surface area contributed by atoms with Gasteiger partial charge in [0.25, 0.3) is 5.56 Å². The Morgan fingerprint density at radius 1 is 1.38 bits per heavy atom. The number of fused-ring (bicyclic) bond motifs is 1. The lowest BCUT2D eigenvalue weighted by molar-refractivity contribution is -0.148. The number of aromatic nitrogens is 2. The molecule has 0 fully saturated rings. The zero-order valence-electron chi connectivity index (χ0n) is 11.7. The Labute approximate surface area is 120 Å². The molecule has 1 aromatic carbocycles. The molecule has 0 aliphatic heterocycles. The molecule has 1 aromatic heterocycles. The van der Waals surface area contributed by atoms with E-state index < -0.39 is 17.9 Å². The van der Waals surface area contributed by atoms with Gasteiger partial charge in [0.1, 0.15) is 12.6 Å². The summed E-state index contributed by atoms with van der Waals surface area (Å²) in [6.07, 6.45) is 1.50. The number of aliphatic carboxylic acids is 1. The third kappa shape index (κ3) is 2.91. The maximum Gasteiger partial charge on any atom is 0.326 e. The molecule has 2 rings (SSSR count). The lowest BCUT2D eigenvalue weighted by Gasteiger charge is -2.21. The van der Waals surface area contributed by atoms with Gasteiger partial charge in [-0.05, 0) is 13.0 Å². The van der Waals surface area contributed by atoms with E-state index in [1.54, 1.807) is 24.3 Å². The van der Waals surface area contributed by atoms with Crippen LogP contribution in [-0.2, 0) is 16.1 Å². The number of carboxylic acids is 1. The van der Waals surface area contributed by atoms with Crippen molar-refractivity contribution >= 4 is 22.6 Å². The monoisotopic (exact) mass is 289 g/mol. The largest absolute Gasteiger partial charge is 0.480 e. The quantitative estimate of drug-likeness (QED) is 0.875. The van der Waals surface area contributed by atoms with E-state index in [1.165, 1.54) is 20.2 Å². The van der Waals surface area contributed by atoms with Crippen molar-refractivity contribution < 1.29 is 14.7 Å². The van der Waals surface area contributed by atoms with Gasteiger partial charge in [-0.15, -0.1) is 0 Å². The van der Waals surface area contributed by atoms with Crippen LogP contribution in [-0.4, -0.2) is 44.8 Å². The molecule has 0 saturated carbocycles. The number of nitrogens with zero attached hydrogens (tertiary/aromatic N) is 3. The lowest BCUT2D eigenvalue weighted by Crippen LogP contribution is -2.43. The highest BCUT2D eigenvalue weighted by Crippen LogP contribution is 2.06. The number of likely N-dealkylation sites (N-methyl/N-ethyl adjacent to an activating group) is 1. The van der Waals surface area contributed by atoms with E-state index in [0.717, 1.165) is 9.58 Å². The van der Waals surface area contributed by atoms with Crippen molar-refractivity contribution in [2.24, 2.45) is 0 Å². The number of rotatable bonds is 4. The molecule has 21 heavy (non-hydrogen) atoms. The van der Waals surface area contributed by atoms with Gasteiger partial charge in [-0.3, -0.25) is 9.59 Å². The summed E-state index contributed by atoms with van der Waals surface area (Å²) in [4.78, 5) is 36.1. The van der Waals surface area contributed by atoms with E-state index >= 15 is 0 Å². The molecule has 0 saturated heterocycles. The van der Waals surface area contributed by atoms with Crippen LogP contribution < -0.4 is 5.56 Å². The fraction of sp³-hybridized carbons (Fsp3) is 0.286. The molecule has 1 unspecified atom stereocenters. The molecule has 110 valence electrons. The minimum absolute atomic E-state index is 0.294. The molecule has 1 heterocycles. The van der Waals surface area contributed by atoms with E-state index in [9.17, 15) is 14.4 Å². The zero-order chi connectivity index (χ0) is 15.6. The van der Waals surface area contributed by atoms with Crippen LogP contribution in [0, 0.1) is 0 Å². The van der Waals surface area contributed by atoms with Gasteiger partial charge in [0.05, 0.1) is 11.6 Å². The van der Waals surface area contributed by atoms with Crippen molar-refractivity contribution in [3.05, 3.63) is 40.8 Å². The second-order valence-electron chi connectivity index (χ2n) is 4.71. The average Bonchev–Trinajstić information content (AvgIpc) is 2.48. The highest BCUT2D eigenvalue weighted by atomic mass is 16.4. The Balaban J connectivity index is 2.28. The molecule has 7 nitrogen and oxygen atoms in total. The highest BCUT2D eigenvalue weighted by Gasteiger charge is 2.22. The van der Waals surface area contributed by atoms with Crippen molar-refractivity contribution in [1.29, 1.82) is 0 Å². The topological polar surface area (TPSA) is 92.5 Å². The van der Waals surface area contributed by atoms with Crippen LogP contribution in [0.5, 0.6) is 0 Å². The van der Waals surface area contributed by atoms with Gasteiger partial charge in [0.15, 0.2) is 0 Å². The van der Waals surface area contributed by atoms with Crippen molar-refractivity contribution in [3.8, 4) is 0 Å². The summed E-state index contributed by atoms with van der Waals surface area (Å²) in [6.45, 7) is 1.11. The molecule has 0 radical (unpaired) electrons. The molecule has 1 amide bonds. The Morgan fingerprint density at radius 3 is 2.71 bits per heavy atom. The third-order valence-electron chi connectivity index (χ3n) is 3.38. The lowest BCUT2D eigenvalue weighted by atomic mass is 10.2. The van der Waals surface area contributed by atoms with Crippen LogP contribution in [0.25, 0.3) is 10.8 Å². The molecule has 1 N–H and O–H groups in total. The maximum atomic E-state index is 12.2. The van der Waals surface area contributed by atoms with Gasteiger partial charge in [0.2, 0.25) is 5.91 Å². The maximum absolute atomic E-state index is 12.2.